The van der Waals surface area contributed by atoms with E-state index in [2.05, 4.69) is 5.32 Å². The molecule has 2 heterocycles. The van der Waals surface area contributed by atoms with E-state index in [0.29, 0.717) is 26.2 Å². The number of rotatable bonds is 4. The molecule has 2 saturated heterocycles. The van der Waals surface area contributed by atoms with E-state index in [1.54, 1.807) is 8.61 Å². The first-order chi connectivity index (χ1) is 8.55. The molecule has 2 fully saturated rings. The maximum atomic E-state index is 12.6. The maximum Gasteiger partial charge on any atom is 0.282 e. The number of hydrogen-bond donors (Lipinski definition) is 1. The highest BCUT2D eigenvalue weighted by Gasteiger charge is 2.39. The molecule has 114 valence electrons. The molecule has 2 rings (SSSR count). The first-order valence-corrected chi connectivity index (χ1v) is 7.98. The third-order valence-corrected chi connectivity index (χ3v) is 5.65. The van der Waals surface area contributed by atoms with Gasteiger partial charge in [0.2, 0.25) is 0 Å². The van der Waals surface area contributed by atoms with Crippen LogP contribution in [-0.2, 0) is 14.9 Å². The van der Waals surface area contributed by atoms with E-state index in [1.807, 2.05) is 14.0 Å². The standard InChI is InChI=1S/C11H23N3O3S.ClH/c1-10-9-13(6-7-17-10)18(15,16)14-5-3-4-11(14)8-12-2;/h10-12H,3-9H2,1-2H3;1H. The molecular formula is C11H24ClN3O3S. The molecule has 0 aromatic carbocycles. The van der Waals surface area contributed by atoms with E-state index >= 15 is 0 Å². The van der Waals surface area contributed by atoms with Gasteiger partial charge in [-0.3, -0.25) is 0 Å². The topological polar surface area (TPSA) is 61.9 Å². The average molecular weight is 314 g/mol. The summed E-state index contributed by atoms with van der Waals surface area (Å²) >= 11 is 0. The van der Waals surface area contributed by atoms with E-state index in [9.17, 15) is 8.42 Å². The molecule has 19 heavy (non-hydrogen) atoms. The lowest BCUT2D eigenvalue weighted by Gasteiger charge is -2.35. The minimum absolute atomic E-state index is 0. The van der Waals surface area contributed by atoms with Crippen LogP contribution >= 0.6 is 12.4 Å². The molecule has 1 N–H and O–H groups in total. The lowest BCUT2D eigenvalue weighted by atomic mass is 10.2. The zero-order valence-corrected chi connectivity index (χ0v) is 13.2. The Balaban J connectivity index is 0.00000180. The quantitative estimate of drug-likeness (QED) is 0.797. The lowest BCUT2D eigenvalue weighted by molar-refractivity contribution is 0.00813. The minimum atomic E-state index is -3.32. The molecule has 2 aliphatic heterocycles. The van der Waals surface area contributed by atoms with Crippen molar-refractivity contribution in [3.05, 3.63) is 0 Å². The second-order valence-corrected chi connectivity index (χ2v) is 6.89. The Morgan fingerprint density at radius 2 is 2.11 bits per heavy atom. The summed E-state index contributed by atoms with van der Waals surface area (Å²) in [7, 11) is -1.46. The zero-order valence-electron chi connectivity index (χ0n) is 11.5. The highest BCUT2D eigenvalue weighted by Crippen LogP contribution is 2.24. The van der Waals surface area contributed by atoms with Gasteiger partial charge in [0.15, 0.2) is 0 Å². The van der Waals surface area contributed by atoms with Crippen LogP contribution in [0.15, 0.2) is 0 Å². The van der Waals surface area contributed by atoms with Gasteiger partial charge < -0.3 is 10.1 Å². The summed E-state index contributed by atoms with van der Waals surface area (Å²) < 4.78 is 33.8. The maximum absolute atomic E-state index is 12.6. The molecule has 0 aromatic heterocycles. The molecule has 0 amide bonds. The van der Waals surface area contributed by atoms with Gasteiger partial charge >= 0.3 is 0 Å². The van der Waals surface area contributed by atoms with Gasteiger partial charge in [-0.05, 0) is 26.8 Å². The summed E-state index contributed by atoms with van der Waals surface area (Å²) in [5.74, 6) is 0. The summed E-state index contributed by atoms with van der Waals surface area (Å²) in [6.45, 7) is 4.70. The van der Waals surface area contributed by atoms with Crippen LogP contribution in [0.25, 0.3) is 0 Å². The molecule has 0 radical (unpaired) electrons. The molecular weight excluding hydrogens is 290 g/mol. The molecule has 0 bridgehead atoms. The highest BCUT2D eigenvalue weighted by molar-refractivity contribution is 7.86. The van der Waals surface area contributed by atoms with Gasteiger partial charge in [0.1, 0.15) is 0 Å². The Kier molecular flexibility index (Phi) is 6.49. The number of likely N-dealkylation sites (N-methyl/N-ethyl adjacent to an activating group) is 1. The number of hydrogen-bond acceptors (Lipinski definition) is 4. The molecule has 2 aliphatic rings. The molecule has 0 saturated carbocycles. The van der Waals surface area contributed by atoms with Crippen molar-refractivity contribution in [2.75, 3.05) is 39.8 Å². The first kappa shape index (κ1) is 17.1. The zero-order chi connectivity index (χ0) is 13.2. The van der Waals surface area contributed by atoms with E-state index in [4.69, 9.17) is 4.74 Å². The predicted molar refractivity (Wildman–Crippen MR) is 76.8 cm³/mol. The van der Waals surface area contributed by atoms with E-state index in [1.165, 1.54) is 0 Å². The number of halogens is 1. The summed E-state index contributed by atoms with van der Waals surface area (Å²) in [4.78, 5) is 0. The Hall–Kier alpha value is 0.0800. The SMILES string of the molecule is CNCC1CCCN1S(=O)(=O)N1CCOC(C)C1.Cl. The summed E-state index contributed by atoms with van der Waals surface area (Å²) in [5, 5.41) is 3.07. The third kappa shape index (κ3) is 3.80. The molecule has 2 atom stereocenters. The Labute approximate surface area is 122 Å². The van der Waals surface area contributed by atoms with Crippen LogP contribution in [0.3, 0.4) is 0 Å². The van der Waals surface area contributed by atoms with Crippen molar-refractivity contribution in [2.24, 2.45) is 0 Å². The van der Waals surface area contributed by atoms with Gasteiger partial charge in [-0.25, -0.2) is 0 Å². The van der Waals surface area contributed by atoms with Gasteiger partial charge in [0.05, 0.1) is 12.7 Å². The summed E-state index contributed by atoms with van der Waals surface area (Å²) in [5.41, 5.74) is 0. The van der Waals surface area contributed by atoms with Gasteiger partial charge in [0, 0.05) is 32.2 Å². The molecule has 0 aromatic rings. The van der Waals surface area contributed by atoms with Crippen LogP contribution in [-0.4, -0.2) is 69.0 Å². The predicted octanol–water partition coefficient (Wildman–Crippen LogP) is 0.0575. The van der Waals surface area contributed by atoms with Gasteiger partial charge in [-0.1, -0.05) is 0 Å². The third-order valence-electron chi connectivity index (χ3n) is 3.59. The normalized spacial score (nSPS) is 30.2. The molecule has 6 nitrogen and oxygen atoms in total. The van der Waals surface area contributed by atoms with E-state index in [-0.39, 0.29) is 24.6 Å². The fraction of sp³-hybridized carbons (Fsp3) is 1.00. The van der Waals surface area contributed by atoms with Crippen molar-refractivity contribution in [2.45, 2.75) is 31.9 Å². The molecule has 0 aliphatic carbocycles. The second kappa shape index (κ2) is 7.19. The fourth-order valence-electron chi connectivity index (χ4n) is 2.70. The first-order valence-electron chi connectivity index (χ1n) is 6.59. The summed E-state index contributed by atoms with van der Waals surface area (Å²) in [6.07, 6.45) is 1.88. The second-order valence-electron chi connectivity index (χ2n) is 5.01. The molecule has 2 unspecified atom stereocenters. The molecule has 0 spiro atoms. The van der Waals surface area contributed by atoms with Gasteiger partial charge in [-0.15, -0.1) is 12.4 Å². The summed E-state index contributed by atoms with van der Waals surface area (Å²) in [6, 6.07) is 0.0955. The lowest BCUT2D eigenvalue weighted by Crippen LogP contribution is -2.53. The average Bonchev–Trinajstić information content (AvgIpc) is 2.78. The minimum Gasteiger partial charge on any atom is -0.376 e. The van der Waals surface area contributed by atoms with Gasteiger partial charge in [0.25, 0.3) is 10.2 Å². The van der Waals surface area contributed by atoms with Crippen LogP contribution in [0.4, 0.5) is 0 Å². The van der Waals surface area contributed by atoms with Crippen LogP contribution in [0.2, 0.25) is 0 Å². The van der Waals surface area contributed by atoms with Crippen molar-refractivity contribution >= 4 is 22.6 Å². The van der Waals surface area contributed by atoms with Crippen LogP contribution in [0.1, 0.15) is 19.8 Å². The Morgan fingerprint density at radius 1 is 1.37 bits per heavy atom. The van der Waals surface area contributed by atoms with Crippen molar-refractivity contribution in [3.8, 4) is 0 Å². The van der Waals surface area contributed by atoms with Crippen LogP contribution in [0, 0.1) is 0 Å². The van der Waals surface area contributed by atoms with E-state index < -0.39 is 10.2 Å². The van der Waals surface area contributed by atoms with Crippen molar-refractivity contribution < 1.29 is 13.2 Å². The van der Waals surface area contributed by atoms with Crippen molar-refractivity contribution in [1.82, 2.24) is 13.9 Å². The number of ether oxygens (including phenoxy) is 1. The molecule has 8 heteroatoms. The highest BCUT2D eigenvalue weighted by atomic mass is 35.5. The smallest absolute Gasteiger partial charge is 0.282 e. The monoisotopic (exact) mass is 313 g/mol. The largest absolute Gasteiger partial charge is 0.376 e. The van der Waals surface area contributed by atoms with Crippen LogP contribution in [0.5, 0.6) is 0 Å². The fourth-order valence-corrected chi connectivity index (χ4v) is 4.61. The number of morpholine rings is 1. The van der Waals surface area contributed by atoms with Crippen molar-refractivity contribution in [3.63, 3.8) is 0 Å². The number of nitrogens with zero attached hydrogens (tertiary/aromatic N) is 2. The van der Waals surface area contributed by atoms with E-state index in [0.717, 1.165) is 19.4 Å². The van der Waals surface area contributed by atoms with Crippen LogP contribution < -0.4 is 5.32 Å². The Bertz CT molecular complexity index is 379. The number of nitrogens with one attached hydrogen (secondary N) is 1. The van der Waals surface area contributed by atoms with Gasteiger partial charge in [-0.2, -0.15) is 17.0 Å². The van der Waals surface area contributed by atoms with Crippen molar-refractivity contribution in [1.29, 1.82) is 0 Å². The Morgan fingerprint density at radius 3 is 2.74 bits per heavy atom.